The van der Waals surface area contributed by atoms with Gasteiger partial charge in [-0.3, -0.25) is 0 Å². The predicted molar refractivity (Wildman–Crippen MR) is 82.0 cm³/mol. The first-order valence-corrected chi connectivity index (χ1v) is 7.73. The van der Waals surface area contributed by atoms with Crippen molar-refractivity contribution in [3.8, 4) is 5.75 Å². The summed E-state index contributed by atoms with van der Waals surface area (Å²) in [5, 5.41) is 4.69. The van der Waals surface area contributed by atoms with E-state index < -0.39 is 0 Å². The third kappa shape index (κ3) is 2.51. The van der Waals surface area contributed by atoms with E-state index in [1.165, 1.54) is 33.9 Å². The van der Waals surface area contributed by atoms with Gasteiger partial charge in [0.05, 0.1) is 6.61 Å². The lowest BCUT2D eigenvalue weighted by atomic mass is 9.96. The van der Waals surface area contributed by atoms with E-state index in [0.717, 1.165) is 18.8 Å². The summed E-state index contributed by atoms with van der Waals surface area (Å²) in [7, 11) is 0. The number of benzene rings is 1. The van der Waals surface area contributed by atoms with Gasteiger partial charge in [0.1, 0.15) is 5.75 Å². The minimum Gasteiger partial charge on any atom is -0.494 e. The molecule has 3 rings (SSSR count). The summed E-state index contributed by atoms with van der Waals surface area (Å²) < 4.78 is 6.77. The summed E-state index contributed by atoms with van der Waals surface area (Å²) in [5.41, 5.74) is 2.49. The monoisotopic (exact) mass is 322 g/mol. The van der Waals surface area contributed by atoms with Crippen LogP contribution in [0.3, 0.4) is 0 Å². The van der Waals surface area contributed by atoms with E-state index >= 15 is 0 Å². The number of piperidine rings is 1. The van der Waals surface area contributed by atoms with E-state index in [9.17, 15) is 0 Å². The predicted octanol–water partition coefficient (Wildman–Crippen LogP) is 3.80. The first-order valence-electron chi connectivity index (χ1n) is 6.94. The van der Waals surface area contributed by atoms with Gasteiger partial charge in [-0.25, -0.2) is 0 Å². The third-order valence-electron chi connectivity index (χ3n) is 3.75. The number of aromatic amines is 1. The molecule has 1 aromatic heterocycles. The van der Waals surface area contributed by atoms with Crippen LogP contribution in [-0.4, -0.2) is 24.7 Å². The highest BCUT2D eigenvalue weighted by atomic mass is 79.9. The molecule has 0 radical (unpaired) electrons. The average Bonchev–Trinajstić information content (AvgIpc) is 2.78. The van der Waals surface area contributed by atoms with Crippen LogP contribution in [0.2, 0.25) is 0 Å². The Labute approximate surface area is 121 Å². The molecule has 2 aromatic rings. The van der Waals surface area contributed by atoms with E-state index in [1.807, 2.05) is 13.0 Å². The van der Waals surface area contributed by atoms with Gasteiger partial charge in [-0.2, -0.15) is 0 Å². The number of nitrogens with one attached hydrogen (secondary N) is 2. The van der Waals surface area contributed by atoms with Crippen molar-refractivity contribution < 1.29 is 4.74 Å². The van der Waals surface area contributed by atoms with Crippen molar-refractivity contribution in [1.29, 1.82) is 0 Å². The van der Waals surface area contributed by atoms with Crippen molar-refractivity contribution in [2.24, 2.45) is 0 Å². The molecule has 4 heteroatoms. The number of ether oxygens (including phenoxy) is 1. The average molecular weight is 323 g/mol. The molecule has 2 N–H and O–H groups in total. The van der Waals surface area contributed by atoms with Gasteiger partial charge in [0.25, 0.3) is 0 Å². The van der Waals surface area contributed by atoms with Gasteiger partial charge in [-0.15, -0.1) is 0 Å². The quantitative estimate of drug-likeness (QED) is 0.901. The van der Waals surface area contributed by atoms with Gasteiger partial charge in [-0.05, 0) is 60.4 Å². The zero-order chi connectivity index (χ0) is 13.2. The number of hydrogen-bond donors (Lipinski definition) is 2. The smallest absolute Gasteiger partial charge is 0.120 e. The summed E-state index contributed by atoms with van der Waals surface area (Å²) in [6.45, 7) is 4.91. The fourth-order valence-electron chi connectivity index (χ4n) is 2.79. The van der Waals surface area contributed by atoms with Crippen LogP contribution in [0, 0.1) is 0 Å². The topological polar surface area (TPSA) is 37.0 Å². The molecular weight excluding hydrogens is 304 g/mol. The van der Waals surface area contributed by atoms with Crippen LogP contribution in [0.5, 0.6) is 5.75 Å². The lowest BCUT2D eigenvalue weighted by Crippen LogP contribution is -2.28. The fraction of sp³-hybridized carbons (Fsp3) is 0.467. The maximum Gasteiger partial charge on any atom is 0.120 e. The Morgan fingerprint density at radius 1 is 1.42 bits per heavy atom. The first-order chi connectivity index (χ1) is 9.29. The van der Waals surface area contributed by atoms with Gasteiger partial charge in [-0.1, -0.05) is 0 Å². The van der Waals surface area contributed by atoms with Crippen LogP contribution >= 0.6 is 15.9 Å². The van der Waals surface area contributed by atoms with Crippen molar-refractivity contribution in [2.45, 2.75) is 25.7 Å². The minimum absolute atomic E-state index is 0.575. The van der Waals surface area contributed by atoms with E-state index in [2.05, 4.69) is 38.4 Å². The zero-order valence-electron chi connectivity index (χ0n) is 11.1. The minimum atomic E-state index is 0.575. The molecule has 3 nitrogen and oxygen atoms in total. The van der Waals surface area contributed by atoms with Crippen LogP contribution in [0.1, 0.15) is 31.4 Å². The lowest BCUT2D eigenvalue weighted by Gasteiger charge is -2.22. The Balaban J connectivity index is 1.99. The molecule has 0 aliphatic carbocycles. The summed E-state index contributed by atoms with van der Waals surface area (Å²) >= 11 is 3.76. The van der Waals surface area contributed by atoms with Crippen molar-refractivity contribution in [3.63, 3.8) is 0 Å². The lowest BCUT2D eigenvalue weighted by molar-refractivity contribution is 0.340. The molecule has 1 fully saturated rings. The number of fused-ring (bicyclic) bond motifs is 1. The molecule has 0 bridgehead atoms. The van der Waals surface area contributed by atoms with E-state index in [0.29, 0.717) is 12.5 Å². The molecule has 102 valence electrons. The maximum absolute atomic E-state index is 5.58. The molecule has 0 amide bonds. The summed E-state index contributed by atoms with van der Waals surface area (Å²) in [5.74, 6) is 1.51. The van der Waals surface area contributed by atoms with Crippen molar-refractivity contribution in [3.05, 3.63) is 28.4 Å². The molecule has 1 aliphatic heterocycles. The Morgan fingerprint density at radius 2 is 2.32 bits per heavy atom. The number of halogens is 1. The molecule has 0 spiro atoms. The van der Waals surface area contributed by atoms with Crippen LogP contribution in [-0.2, 0) is 0 Å². The molecule has 1 saturated heterocycles. The Hall–Kier alpha value is -1.00. The Kier molecular flexibility index (Phi) is 3.80. The number of aromatic nitrogens is 1. The van der Waals surface area contributed by atoms with Gasteiger partial charge < -0.3 is 15.0 Å². The van der Waals surface area contributed by atoms with Gasteiger partial charge in [0.15, 0.2) is 0 Å². The molecule has 1 aliphatic rings. The molecule has 19 heavy (non-hydrogen) atoms. The van der Waals surface area contributed by atoms with Crippen molar-refractivity contribution in [1.82, 2.24) is 10.3 Å². The molecule has 1 atom stereocenters. The van der Waals surface area contributed by atoms with Gasteiger partial charge in [0, 0.05) is 33.5 Å². The highest BCUT2D eigenvalue weighted by molar-refractivity contribution is 9.10. The number of rotatable bonds is 3. The van der Waals surface area contributed by atoms with Gasteiger partial charge >= 0.3 is 0 Å². The van der Waals surface area contributed by atoms with Crippen LogP contribution in [0.4, 0.5) is 0 Å². The highest BCUT2D eigenvalue weighted by Gasteiger charge is 2.21. The van der Waals surface area contributed by atoms with Crippen LogP contribution in [0.25, 0.3) is 10.9 Å². The molecular formula is C15H19BrN2O. The third-order valence-corrected chi connectivity index (χ3v) is 4.60. The normalized spacial score (nSPS) is 19.8. The van der Waals surface area contributed by atoms with Crippen LogP contribution < -0.4 is 10.1 Å². The second kappa shape index (κ2) is 5.55. The van der Waals surface area contributed by atoms with Gasteiger partial charge in [0.2, 0.25) is 0 Å². The standard InChI is InChI=1S/C15H19BrN2O/c1-2-19-11-5-6-13-12(8-11)14(16)15(18-13)10-4-3-7-17-9-10/h5-6,8,10,17-18H,2-4,7,9H2,1H3. The van der Waals surface area contributed by atoms with E-state index in [4.69, 9.17) is 4.74 Å². The SMILES string of the molecule is CCOc1ccc2[nH]c(C3CCCNC3)c(Br)c2c1. The zero-order valence-corrected chi connectivity index (χ0v) is 12.7. The van der Waals surface area contributed by atoms with Crippen molar-refractivity contribution in [2.75, 3.05) is 19.7 Å². The molecule has 1 aromatic carbocycles. The largest absolute Gasteiger partial charge is 0.494 e. The highest BCUT2D eigenvalue weighted by Crippen LogP contribution is 2.36. The Morgan fingerprint density at radius 3 is 3.05 bits per heavy atom. The molecule has 0 saturated carbocycles. The number of hydrogen-bond acceptors (Lipinski definition) is 2. The summed E-state index contributed by atoms with van der Waals surface area (Å²) in [6, 6.07) is 6.24. The maximum atomic E-state index is 5.58. The summed E-state index contributed by atoms with van der Waals surface area (Å²) in [6.07, 6.45) is 2.49. The molecule has 1 unspecified atom stereocenters. The van der Waals surface area contributed by atoms with Crippen molar-refractivity contribution >= 4 is 26.8 Å². The van der Waals surface area contributed by atoms with E-state index in [-0.39, 0.29) is 0 Å². The fourth-order valence-corrected chi connectivity index (χ4v) is 3.55. The number of H-pyrrole nitrogens is 1. The Bertz CT molecular complexity index is 573. The first kappa shape index (κ1) is 13.0. The van der Waals surface area contributed by atoms with E-state index in [1.54, 1.807) is 0 Å². The molecule has 2 heterocycles. The second-order valence-corrected chi connectivity index (χ2v) is 5.83. The van der Waals surface area contributed by atoms with Crippen LogP contribution in [0.15, 0.2) is 22.7 Å². The second-order valence-electron chi connectivity index (χ2n) is 5.04. The summed E-state index contributed by atoms with van der Waals surface area (Å²) in [4.78, 5) is 3.56.